The second kappa shape index (κ2) is 9.93. The van der Waals surface area contributed by atoms with E-state index in [9.17, 15) is 14.4 Å². The van der Waals surface area contributed by atoms with Gasteiger partial charge in [-0.1, -0.05) is 13.3 Å². The van der Waals surface area contributed by atoms with Crippen molar-refractivity contribution in [1.82, 2.24) is 0 Å². The van der Waals surface area contributed by atoms with Gasteiger partial charge in [-0.15, -0.1) is 0 Å². The fraction of sp³-hybridized carbons (Fsp3) is 0.850. The average Bonchev–Trinajstić information content (AvgIpc) is 2.51. The first-order valence-corrected chi connectivity index (χ1v) is 9.62. The number of hydrogen-bond acceptors (Lipinski definition) is 6. The molecule has 0 N–H and O–H groups in total. The topological polar surface area (TPSA) is 78.9 Å². The van der Waals surface area contributed by atoms with Gasteiger partial charge in [-0.25, -0.2) is 0 Å². The molecule has 0 amide bonds. The van der Waals surface area contributed by atoms with Crippen molar-refractivity contribution >= 4 is 17.9 Å². The molecule has 0 aromatic carbocycles. The lowest BCUT2D eigenvalue weighted by atomic mass is 9.84. The number of carbonyl (C=O) groups excluding carboxylic acids is 3. The van der Waals surface area contributed by atoms with Gasteiger partial charge in [0, 0.05) is 13.3 Å². The Morgan fingerprint density at radius 3 is 2.08 bits per heavy atom. The number of rotatable bonds is 8. The molecule has 1 rings (SSSR count). The third-order valence-electron chi connectivity index (χ3n) is 4.60. The Balaban J connectivity index is 2.85. The number of hydrogen-bond donors (Lipinski definition) is 0. The van der Waals surface area contributed by atoms with Crippen LogP contribution in [0.2, 0.25) is 0 Å². The van der Waals surface area contributed by atoms with Gasteiger partial charge in [-0.3, -0.25) is 14.4 Å². The molecular formula is C20H34O6. The number of carbonyl (C=O) groups is 3. The van der Waals surface area contributed by atoms with Gasteiger partial charge in [0.25, 0.3) is 0 Å². The first-order valence-electron chi connectivity index (χ1n) is 9.62. The minimum Gasteiger partial charge on any atom is -0.463 e. The molecule has 0 bridgehead atoms. The maximum absolute atomic E-state index is 12.6. The predicted octanol–water partition coefficient (Wildman–Crippen LogP) is 3.80. The highest BCUT2D eigenvalue weighted by Gasteiger charge is 2.39. The maximum Gasteiger partial charge on any atom is 0.310 e. The summed E-state index contributed by atoms with van der Waals surface area (Å²) in [4.78, 5) is 36.5. The van der Waals surface area contributed by atoms with Crippen LogP contribution >= 0.6 is 0 Å². The SMILES string of the molecule is CC(=O)OC(C)(C)CC(C(=O)OC(C)C)C(C)C(=O)OC1CCCCC1. The first kappa shape index (κ1) is 22.5. The fourth-order valence-corrected chi connectivity index (χ4v) is 3.36. The van der Waals surface area contributed by atoms with Gasteiger partial charge in [0.1, 0.15) is 11.7 Å². The predicted molar refractivity (Wildman–Crippen MR) is 97.3 cm³/mol. The van der Waals surface area contributed by atoms with E-state index >= 15 is 0 Å². The highest BCUT2D eigenvalue weighted by Crippen LogP contribution is 2.30. The molecule has 2 atom stereocenters. The molecule has 0 aromatic rings. The van der Waals surface area contributed by atoms with E-state index in [4.69, 9.17) is 14.2 Å². The minimum absolute atomic E-state index is 0.0676. The molecule has 6 nitrogen and oxygen atoms in total. The summed E-state index contributed by atoms with van der Waals surface area (Å²) in [5.74, 6) is -2.68. The van der Waals surface area contributed by atoms with Gasteiger partial charge in [0.15, 0.2) is 0 Å². The van der Waals surface area contributed by atoms with Crippen molar-refractivity contribution < 1.29 is 28.6 Å². The Bertz CT molecular complexity index is 491. The first-order chi connectivity index (χ1) is 12.0. The van der Waals surface area contributed by atoms with Crippen LogP contribution in [0, 0.1) is 11.8 Å². The molecule has 0 radical (unpaired) electrons. The Kier molecular flexibility index (Phi) is 8.57. The van der Waals surface area contributed by atoms with Gasteiger partial charge in [0.2, 0.25) is 0 Å². The Hall–Kier alpha value is -1.59. The molecular weight excluding hydrogens is 336 g/mol. The summed E-state index contributed by atoms with van der Waals surface area (Å²) in [6.07, 6.45) is 4.87. The van der Waals surface area contributed by atoms with Gasteiger partial charge in [0.05, 0.1) is 17.9 Å². The van der Waals surface area contributed by atoms with Crippen LogP contribution in [0.3, 0.4) is 0 Å². The standard InChI is InChI=1S/C20H34O6/c1-13(2)24-19(23)17(12-20(5,6)26-15(4)21)14(3)18(22)25-16-10-8-7-9-11-16/h13-14,16-17H,7-12H2,1-6H3. The molecule has 0 heterocycles. The molecule has 1 aliphatic rings. The molecule has 0 aromatic heterocycles. The van der Waals surface area contributed by atoms with E-state index < -0.39 is 29.4 Å². The fourth-order valence-electron chi connectivity index (χ4n) is 3.36. The van der Waals surface area contributed by atoms with Crippen LogP contribution in [-0.2, 0) is 28.6 Å². The summed E-state index contributed by atoms with van der Waals surface area (Å²) in [5.41, 5.74) is -0.883. The summed E-state index contributed by atoms with van der Waals surface area (Å²) in [7, 11) is 0. The molecule has 0 spiro atoms. The zero-order valence-corrected chi connectivity index (χ0v) is 17.0. The molecule has 0 aliphatic heterocycles. The Labute approximate surface area is 156 Å². The third kappa shape index (κ3) is 7.75. The molecule has 2 unspecified atom stereocenters. The molecule has 26 heavy (non-hydrogen) atoms. The molecule has 6 heteroatoms. The van der Waals surface area contributed by atoms with Crippen molar-refractivity contribution in [3.05, 3.63) is 0 Å². The summed E-state index contributed by atoms with van der Waals surface area (Å²) < 4.78 is 16.3. The normalized spacial score (nSPS) is 18.1. The zero-order chi connectivity index (χ0) is 19.9. The van der Waals surface area contributed by atoms with Crippen LogP contribution < -0.4 is 0 Å². The van der Waals surface area contributed by atoms with Crippen LogP contribution in [0.1, 0.15) is 80.1 Å². The average molecular weight is 370 g/mol. The number of ether oxygens (including phenoxy) is 3. The lowest BCUT2D eigenvalue weighted by Gasteiger charge is -2.32. The maximum atomic E-state index is 12.6. The van der Waals surface area contributed by atoms with E-state index in [0.717, 1.165) is 25.7 Å². The van der Waals surface area contributed by atoms with Crippen LogP contribution in [0.15, 0.2) is 0 Å². The monoisotopic (exact) mass is 370 g/mol. The summed E-state index contributed by atoms with van der Waals surface area (Å²) in [6, 6.07) is 0. The molecule has 150 valence electrons. The van der Waals surface area contributed by atoms with Gasteiger partial charge < -0.3 is 14.2 Å². The van der Waals surface area contributed by atoms with Crippen LogP contribution in [-0.4, -0.2) is 35.7 Å². The summed E-state index contributed by atoms with van der Waals surface area (Å²) in [6.45, 7) is 9.98. The summed E-state index contributed by atoms with van der Waals surface area (Å²) in [5, 5.41) is 0. The molecule has 0 saturated heterocycles. The van der Waals surface area contributed by atoms with E-state index in [1.807, 2.05) is 0 Å². The third-order valence-corrected chi connectivity index (χ3v) is 4.60. The van der Waals surface area contributed by atoms with E-state index in [0.29, 0.717) is 0 Å². The quantitative estimate of drug-likeness (QED) is 0.478. The summed E-state index contributed by atoms with van der Waals surface area (Å²) >= 11 is 0. The smallest absolute Gasteiger partial charge is 0.310 e. The van der Waals surface area contributed by atoms with Crippen LogP contribution in [0.5, 0.6) is 0 Å². The lowest BCUT2D eigenvalue weighted by molar-refractivity contribution is -0.171. The van der Waals surface area contributed by atoms with Gasteiger partial charge in [-0.05, 0) is 53.4 Å². The zero-order valence-electron chi connectivity index (χ0n) is 17.0. The van der Waals surface area contributed by atoms with Gasteiger partial charge >= 0.3 is 17.9 Å². The van der Waals surface area contributed by atoms with Crippen LogP contribution in [0.25, 0.3) is 0 Å². The van der Waals surface area contributed by atoms with E-state index in [-0.39, 0.29) is 24.6 Å². The van der Waals surface area contributed by atoms with Crippen molar-refractivity contribution in [1.29, 1.82) is 0 Å². The number of esters is 3. The van der Waals surface area contributed by atoms with Crippen molar-refractivity contribution in [2.45, 2.75) is 97.9 Å². The Morgan fingerprint density at radius 1 is 1.00 bits per heavy atom. The highest BCUT2D eigenvalue weighted by atomic mass is 16.6. The molecule has 1 saturated carbocycles. The van der Waals surface area contributed by atoms with E-state index in [2.05, 4.69) is 0 Å². The molecule has 1 aliphatic carbocycles. The minimum atomic E-state index is -0.883. The van der Waals surface area contributed by atoms with Crippen LogP contribution in [0.4, 0.5) is 0 Å². The Morgan fingerprint density at radius 2 is 1.58 bits per heavy atom. The van der Waals surface area contributed by atoms with Crippen molar-refractivity contribution in [3.8, 4) is 0 Å². The second-order valence-corrected chi connectivity index (χ2v) is 8.14. The highest BCUT2D eigenvalue weighted by molar-refractivity contribution is 5.82. The van der Waals surface area contributed by atoms with Crippen molar-refractivity contribution in [2.24, 2.45) is 11.8 Å². The molecule has 1 fully saturated rings. The largest absolute Gasteiger partial charge is 0.463 e. The van der Waals surface area contributed by atoms with E-state index in [1.165, 1.54) is 13.3 Å². The lowest BCUT2D eigenvalue weighted by Crippen LogP contribution is -2.40. The van der Waals surface area contributed by atoms with E-state index in [1.54, 1.807) is 34.6 Å². The second-order valence-electron chi connectivity index (χ2n) is 8.14. The van der Waals surface area contributed by atoms with Crippen molar-refractivity contribution in [3.63, 3.8) is 0 Å². The van der Waals surface area contributed by atoms with Gasteiger partial charge in [-0.2, -0.15) is 0 Å². The van der Waals surface area contributed by atoms with Crippen molar-refractivity contribution in [2.75, 3.05) is 0 Å².